The minimum Gasteiger partial charge on any atom is -0.466 e. The van der Waals surface area contributed by atoms with Crippen molar-refractivity contribution in [3.63, 3.8) is 0 Å². The van der Waals surface area contributed by atoms with Gasteiger partial charge in [0.25, 0.3) is 0 Å². The van der Waals surface area contributed by atoms with Crippen molar-refractivity contribution < 1.29 is 24.5 Å². The first-order valence-electron chi connectivity index (χ1n) is 36.6. The summed E-state index contributed by atoms with van der Waals surface area (Å²) in [6.07, 6.45) is 88.5. The molecule has 0 fully saturated rings. The number of carbonyl (C=O) groups is 2. The molecule has 0 aromatic heterocycles. The lowest BCUT2D eigenvalue weighted by molar-refractivity contribution is -0.143. The predicted octanol–water partition coefficient (Wildman–Crippen LogP) is 23.7. The third kappa shape index (κ3) is 65.5. The summed E-state index contributed by atoms with van der Waals surface area (Å²) >= 11 is 0. The highest BCUT2D eigenvalue weighted by molar-refractivity contribution is 5.76. The number of ether oxygens (including phenoxy) is 1. The molecule has 3 N–H and O–H groups in total. The average Bonchev–Trinajstić information content (AvgIpc) is 3.46. The molecule has 0 rings (SSSR count). The topological polar surface area (TPSA) is 95.9 Å². The fourth-order valence-electron chi connectivity index (χ4n) is 11.6. The fraction of sp³-hybridized carbons (Fsp3) is 0.919. The first kappa shape index (κ1) is 78.3. The van der Waals surface area contributed by atoms with Crippen molar-refractivity contribution in [1.82, 2.24) is 5.32 Å². The van der Waals surface area contributed by atoms with E-state index in [2.05, 4.69) is 31.3 Å². The second kappa shape index (κ2) is 69.8. The number of rotatable bonds is 69. The van der Waals surface area contributed by atoms with E-state index in [1.807, 2.05) is 6.08 Å². The SMILES string of the molecule is CCCCCC/C=C\CCCCCCCC(=O)OCCCCCCCCCCCCCCCCCCCCCCCCCCCCCCCCCCCC(=O)NC(CO)C(O)/C=C/CCCCCCCCCCCCCCCCC. The smallest absolute Gasteiger partial charge is 0.305 e. The lowest BCUT2D eigenvalue weighted by atomic mass is 10.0. The van der Waals surface area contributed by atoms with Gasteiger partial charge in [0.1, 0.15) is 0 Å². The van der Waals surface area contributed by atoms with Crippen LogP contribution in [-0.4, -0.2) is 47.4 Å². The van der Waals surface area contributed by atoms with Gasteiger partial charge in [-0.3, -0.25) is 9.59 Å². The highest BCUT2D eigenvalue weighted by atomic mass is 16.5. The van der Waals surface area contributed by atoms with Gasteiger partial charge in [-0.2, -0.15) is 0 Å². The van der Waals surface area contributed by atoms with Crippen molar-refractivity contribution in [2.45, 2.75) is 424 Å². The van der Waals surface area contributed by atoms with Crippen LogP contribution in [0.2, 0.25) is 0 Å². The molecule has 0 radical (unpaired) electrons. The Morgan fingerprint density at radius 1 is 0.338 bits per heavy atom. The van der Waals surface area contributed by atoms with Gasteiger partial charge in [0.15, 0.2) is 0 Å². The molecule has 0 aliphatic heterocycles. The number of aliphatic hydroxyl groups excluding tert-OH is 2. The maximum absolute atomic E-state index is 12.5. The van der Waals surface area contributed by atoms with Gasteiger partial charge in [-0.05, 0) is 57.8 Å². The van der Waals surface area contributed by atoms with Crippen LogP contribution in [0.1, 0.15) is 412 Å². The van der Waals surface area contributed by atoms with E-state index in [4.69, 9.17) is 4.74 Å². The average molecular weight is 1130 g/mol. The molecule has 6 heteroatoms. The highest BCUT2D eigenvalue weighted by Crippen LogP contribution is 2.19. The number of allylic oxidation sites excluding steroid dienone is 3. The maximum atomic E-state index is 12.5. The number of carbonyl (C=O) groups excluding carboxylic acids is 2. The van der Waals surface area contributed by atoms with Crippen molar-refractivity contribution in [1.29, 1.82) is 0 Å². The number of hydrogen-bond acceptors (Lipinski definition) is 5. The van der Waals surface area contributed by atoms with Crippen LogP contribution in [-0.2, 0) is 14.3 Å². The fourth-order valence-corrected chi connectivity index (χ4v) is 11.6. The Kier molecular flexibility index (Phi) is 68.4. The Morgan fingerprint density at radius 3 is 0.900 bits per heavy atom. The van der Waals surface area contributed by atoms with Gasteiger partial charge >= 0.3 is 5.97 Å². The van der Waals surface area contributed by atoms with E-state index in [0.717, 1.165) is 44.9 Å². The number of unbranched alkanes of at least 4 members (excludes halogenated alkanes) is 56. The van der Waals surface area contributed by atoms with E-state index in [1.54, 1.807) is 6.08 Å². The van der Waals surface area contributed by atoms with Crippen molar-refractivity contribution in [2.24, 2.45) is 0 Å². The summed E-state index contributed by atoms with van der Waals surface area (Å²) in [4.78, 5) is 24.6. The summed E-state index contributed by atoms with van der Waals surface area (Å²) in [5.41, 5.74) is 0. The minimum absolute atomic E-state index is 0.0127. The minimum atomic E-state index is -0.841. The molecule has 80 heavy (non-hydrogen) atoms. The van der Waals surface area contributed by atoms with E-state index < -0.39 is 12.1 Å². The molecule has 2 atom stereocenters. The van der Waals surface area contributed by atoms with Gasteiger partial charge in [0.05, 0.1) is 25.4 Å². The monoisotopic (exact) mass is 1130 g/mol. The molecule has 0 spiro atoms. The van der Waals surface area contributed by atoms with Crippen LogP contribution in [0.5, 0.6) is 0 Å². The number of hydrogen-bond donors (Lipinski definition) is 3. The summed E-state index contributed by atoms with van der Waals surface area (Å²) in [6.45, 7) is 4.93. The molecule has 0 aliphatic rings. The molecule has 2 unspecified atom stereocenters. The van der Waals surface area contributed by atoms with E-state index >= 15 is 0 Å². The van der Waals surface area contributed by atoms with Crippen molar-refractivity contribution in [3.05, 3.63) is 24.3 Å². The van der Waals surface area contributed by atoms with Crippen molar-refractivity contribution >= 4 is 11.9 Å². The Balaban J connectivity index is 3.33. The van der Waals surface area contributed by atoms with Crippen LogP contribution in [0.4, 0.5) is 0 Å². The molecule has 0 saturated carbocycles. The molecule has 1 amide bonds. The maximum Gasteiger partial charge on any atom is 0.305 e. The zero-order chi connectivity index (χ0) is 57.8. The molecule has 6 nitrogen and oxygen atoms in total. The zero-order valence-electron chi connectivity index (χ0n) is 54.3. The second-order valence-electron chi connectivity index (χ2n) is 25.3. The van der Waals surface area contributed by atoms with Crippen LogP contribution in [0, 0.1) is 0 Å². The Hall–Kier alpha value is -1.66. The molecule has 0 bridgehead atoms. The molecule has 0 saturated heterocycles. The highest BCUT2D eigenvalue weighted by Gasteiger charge is 2.18. The Morgan fingerprint density at radius 2 is 0.588 bits per heavy atom. The first-order valence-corrected chi connectivity index (χ1v) is 36.6. The van der Waals surface area contributed by atoms with Crippen LogP contribution in [0.3, 0.4) is 0 Å². The summed E-state index contributed by atoms with van der Waals surface area (Å²) in [7, 11) is 0. The third-order valence-corrected chi connectivity index (χ3v) is 17.2. The summed E-state index contributed by atoms with van der Waals surface area (Å²) in [5, 5.41) is 23.2. The predicted molar refractivity (Wildman–Crippen MR) is 352 cm³/mol. The molecular formula is C74H143NO5. The van der Waals surface area contributed by atoms with Gasteiger partial charge in [-0.1, -0.05) is 366 Å². The zero-order valence-corrected chi connectivity index (χ0v) is 54.3. The van der Waals surface area contributed by atoms with Gasteiger partial charge < -0.3 is 20.3 Å². The van der Waals surface area contributed by atoms with Gasteiger partial charge in [0.2, 0.25) is 5.91 Å². The summed E-state index contributed by atoms with van der Waals surface area (Å²) in [6, 6.07) is -0.624. The Labute approximate surface area is 501 Å². The molecule has 0 aliphatic carbocycles. The largest absolute Gasteiger partial charge is 0.466 e. The summed E-state index contributed by atoms with van der Waals surface area (Å²) in [5.74, 6) is -0.0470. The lowest BCUT2D eigenvalue weighted by Gasteiger charge is -2.20. The second-order valence-corrected chi connectivity index (χ2v) is 25.3. The Bertz CT molecular complexity index is 1250. The van der Waals surface area contributed by atoms with Crippen LogP contribution in [0.15, 0.2) is 24.3 Å². The van der Waals surface area contributed by atoms with E-state index in [0.29, 0.717) is 19.4 Å². The molecule has 0 aromatic rings. The summed E-state index contributed by atoms with van der Waals surface area (Å²) < 4.78 is 5.48. The number of amides is 1. The van der Waals surface area contributed by atoms with Gasteiger partial charge in [0, 0.05) is 12.8 Å². The van der Waals surface area contributed by atoms with Crippen molar-refractivity contribution in [3.8, 4) is 0 Å². The normalized spacial score (nSPS) is 12.6. The first-order chi connectivity index (χ1) is 39.5. The molecule has 474 valence electrons. The molecular weight excluding hydrogens is 983 g/mol. The number of aliphatic hydroxyl groups is 2. The standard InChI is InChI=1S/C74H143NO5/c1-3-5-7-9-11-13-15-17-18-36-39-43-46-50-54-58-62-66-72(77)71(70-76)75-73(78)67-63-59-55-51-47-44-40-37-34-32-30-28-26-24-22-20-19-21-23-25-27-29-31-33-35-38-41-45-49-53-57-61-65-69-80-74(79)68-64-60-56-52-48-42-16-14-12-10-8-6-4-2/h14,16,62,66,71-72,76-77H,3-13,15,17-61,63-65,67-70H2,1-2H3,(H,75,78)/b16-14-,66-62+. The van der Waals surface area contributed by atoms with Crippen LogP contribution < -0.4 is 5.32 Å². The van der Waals surface area contributed by atoms with E-state index in [9.17, 15) is 19.8 Å². The molecule has 0 aromatic carbocycles. The number of nitrogens with one attached hydrogen (secondary N) is 1. The molecule has 0 heterocycles. The van der Waals surface area contributed by atoms with Gasteiger partial charge in [-0.25, -0.2) is 0 Å². The van der Waals surface area contributed by atoms with Crippen LogP contribution in [0.25, 0.3) is 0 Å². The van der Waals surface area contributed by atoms with E-state index in [-0.39, 0.29) is 18.5 Å². The van der Waals surface area contributed by atoms with Crippen molar-refractivity contribution in [2.75, 3.05) is 13.2 Å². The lowest BCUT2D eigenvalue weighted by Crippen LogP contribution is -2.45. The third-order valence-electron chi connectivity index (χ3n) is 17.2. The van der Waals surface area contributed by atoms with Crippen LogP contribution >= 0.6 is 0 Å². The quantitative estimate of drug-likeness (QED) is 0.0320. The number of esters is 1. The van der Waals surface area contributed by atoms with E-state index in [1.165, 1.54) is 340 Å². The van der Waals surface area contributed by atoms with Gasteiger partial charge in [-0.15, -0.1) is 0 Å².